The summed E-state index contributed by atoms with van der Waals surface area (Å²) in [7, 11) is -1.24. The number of rotatable bonds is 6. The standard InChI is InChI=1S/C11H13O8P/c1-6-8(18-10(12)16-6)4-14-20(3)15-5-9-7(2)17-11(13)19-9/h4-5H2,1-3H3. The van der Waals surface area contributed by atoms with Gasteiger partial charge in [-0.2, -0.15) is 0 Å². The van der Waals surface area contributed by atoms with Gasteiger partial charge in [0.15, 0.2) is 19.9 Å². The molecule has 0 aromatic carbocycles. The first-order valence-electron chi connectivity index (χ1n) is 5.64. The first-order chi connectivity index (χ1) is 9.45. The van der Waals surface area contributed by atoms with Gasteiger partial charge in [-0.25, -0.2) is 9.59 Å². The molecule has 9 heteroatoms. The SMILES string of the molecule is Cc1oc(=O)oc1COP(C)OCc1oc(=O)oc1C. The Morgan fingerprint density at radius 3 is 1.55 bits per heavy atom. The molecule has 0 spiro atoms. The summed E-state index contributed by atoms with van der Waals surface area (Å²) in [5.41, 5.74) is 0. The van der Waals surface area contributed by atoms with Crippen LogP contribution in [0, 0.1) is 13.8 Å². The molecule has 0 aliphatic rings. The molecule has 0 saturated heterocycles. The van der Waals surface area contributed by atoms with Gasteiger partial charge >= 0.3 is 11.6 Å². The van der Waals surface area contributed by atoms with Crippen molar-refractivity contribution in [2.75, 3.05) is 6.66 Å². The molecule has 0 N–H and O–H groups in total. The molecule has 20 heavy (non-hydrogen) atoms. The molecule has 0 unspecified atom stereocenters. The summed E-state index contributed by atoms with van der Waals surface area (Å²) in [6.07, 6.45) is 0. The van der Waals surface area contributed by atoms with Crippen LogP contribution in [0.25, 0.3) is 0 Å². The van der Waals surface area contributed by atoms with E-state index in [9.17, 15) is 9.59 Å². The van der Waals surface area contributed by atoms with E-state index in [1.807, 2.05) is 0 Å². The van der Waals surface area contributed by atoms with E-state index in [2.05, 4.69) is 0 Å². The normalized spacial score (nSPS) is 11.4. The Morgan fingerprint density at radius 1 is 0.850 bits per heavy atom. The maximum Gasteiger partial charge on any atom is 0.519 e. The van der Waals surface area contributed by atoms with E-state index in [0.717, 1.165) is 0 Å². The maximum absolute atomic E-state index is 10.8. The molecule has 0 bridgehead atoms. The van der Waals surface area contributed by atoms with Gasteiger partial charge in [0.2, 0.25) is 0 Å². The second kappa shape index (κ2) is 6.21. The molecule has 0 aliphatic heterocycles. The third kappa shape index (κ3) is 3.69. The van der Waals surface area contributed by atoms with Crippen LogP contribution in [0.1, 0.15) is 23.0 Å². The van der Waals surface area contributed by atoms with Crippen LogP contribution in [0.5, 0.6) is 0 Å². The Hall–Kier alpha value is -1.63. The first kappa shape index (κ1) is 14.8. The van der Waals surface area contributed by atoms with Crippen LogP contribution >= 0.6 is 8.38 Å². The van der Waals surface area contributed by atoms with Gasteiger partial charge in [0, 0.05) is 6.66 Å². The van der Waals surface area contributed by atoms with E-state index in [0.29, 0.717) is 23.0 Å². The van der Waals surface area contributed by atoms with E-state index >= 15 is 0 Å². The monoisotopic (exact) mass is 304 g/mol. The van der Waals surface area contributed by atoms with E-state index in [1.54, 1.807) is 20.5 Å². The summed E-state index contributed by atoms with van der Waals surface area (Å²) in [5.74, 6) is -0.153. The fraction of sp³-hybridized carbons (Fsp3) is 0.455. The summed E-state index contributed by atoms with van der Waals surface area (Å²) in [6, 6.07) is 0. The van der Waals surface area contributed by atoms with Crippen LogP contribution < -0.4 is 11.6 Å². The topological polar surface area (TPSA) is 105 Å². The molecule has 0 atom stereocenters. The van der Waals surface area contributed by atoms with E-state index in [-0.39, 0.29) is 13.2 Å². The van der Waals surface area contributed by atoms with E-state index in [4.69, 9.17) is 26.7 Å². The Balaban J connectivity index is 1.82. The van der Waals surface area contributed by atoms with Gasteiger partial charge in [-0.3, -0.25) is 0 Å². The lowest BCUT2D eigenvalue weighted by atomic mass is 10.4. The average molecular weight is 304 g/mol. The Bertz CT molecular complexity index is 617. The van der Waals surface area contributed by atoms with Crippen LogP contribution in [0.2, 0.25) is 0 Å². The third-order valence-electron chi connectivity index (χ3n) is 2.43. The van der Waals surface area contributed by atoms with Crippen LogP contribution in [-0.4, -0.2) is 6.66 Å². The summed E-state index contributed by atoms with van der Waals surface area (Å²) < 4.78 is 29.7. The van der Waals surface area contributed by atoms with Crippen molar-refractivity contribution in [3.63, 3.8) is 0 Å². The number of hydrogen-bond acceptors (Lipinski definition) is 8. The molecule has 0 aliphatic carbocycles. The zero-order valence-corrected chi connectivity index (χ0v) is 12.0. The van der Waals surface area contributed by atoms with Crippen LogP contribution in [0.4, 0.5) is 0 Å². The highest BCUT2D eigenvalue weighted by atomic mass is 31.2. The molecule has 110 valence electrons. The molecule has 0 radical (unpaired) electrons. The van der Waals surface area contributed by atoms with Crippen molar-refractivity contribution in [1.29, 1.82) is 0 Å². The van der Waals surface area contributed by atoms with Crippen molar-refractivity contribution in [1.82, 2.24) is 0 Å². The van der Waals surface area contributed by atoms with Gasteiger partial charge in [0.1, 0.15) is 24.7 Å². The Morgan fingerprint density at radius 2 is 1.25 bits per heavy atom. The largest absolute Gasteiger partial charge is 0.519 e. The molecule has 0 amide bonds. The Labute approximate surface area is 114 Å². The molecule has 2 aromatic rings. The fourth-order valence-electron chi connectivity index (χ4n) is 1.35. The number of hydrogen-bond donors (Lipinski definition) is 0. The highest BCUT2D eigenvalue weighted by Gasteiger charge is 2.14. The zero-order chi connectivity index (χ0) is 14.7. The van der Waals surface area contributed by atoms with Crippen molar-refractivity contribution in [2.45, 2.75) is 27.1 Å². The highest BCUT2D eigenvalue weighted by molar-refractivity contribution is 7.46. The van der Waals surface area contributed by atoms with Crippen LogP contribution in [0.3, 0.4) is 0 Å². The summed E-state index contributed by atoms with van der Waals surface area (Å²) in [4.78, 5) is 21.7. The smallest absolute Gasteiger partial charge is 0.396 e. The van der Waals surface area contributed by atoms with Gasteiger partial charge in [-0.05, 0) is 13.8 Å². The third-order valence-corrected chi connectivity index (χ3v) is 3.41. The highest BCUT2D eigenvalue weighted by Crippen LogP contribution is 2.36. The molecular weight excluding hydrogens is 291 g/mol. The minimum absolute atomic E-state index is 0.0636. The Kier molecular flexibility index (Phi) is 4.59. The predicted molar refractivity (Wildman–Crippen MR) is 66.4 cm³/mol. The van der Waals surface area contributed by atoms with E-state index in [1.165, 1.54) is 0 Å². The zero-order valence-electron chi connectivity index (χ0n) is 11.1. The molecule has 8 nitrogen and oxygen atoms in total. The van der Waals surface area contributed by atoms with E-state index < -0.39 is 20.0 Å². The summed E-state index contributed by atoms with van der Waals surface area (Å²) >= 11 is 0. The van der Waals surface area contributed by atoms with Crippen molar-refractivity contribution in [2.24, 2.45) is 0 Å². The van der Waals surface area contributed by atoms with Crippen LogP contribution in [0.15, 0.2) is 27.3 Å². The number of aryl methyl sites for hydroxylation is 2. The molecular formula is C11H13O8P. The minimum atomic E-state index is -1.24. The van der Waals surface area contributed by atoms with Crippen molar-refractivity contribution < 1.29 is 26.7 Å². The molecule has 2 rings (SSSR count). The molecule has 0 fully saturated rings. The van der Waals surface area contributed by atoms with Crippen molar-refractivity contribution in [3.8, 4) is 0 Å². The summed E-state index contributed by atoms with van der Waals surface area (Å²) in [5, 5.41) is 0. The van der Waals surface area contributed by atoms with Crippen LogP contribution in [-0.2, 0) is 22.3 Å². The predicted octanol–water partition coefficient (Wildman–Crippen LogP) is 2.07. The lowest BCUT2D eigenvalue weighted by molar-refractivity contribution is 0.207. The second-order valence-corrected chi connectivity index (χ2v) is 5.25. The van der Waals surface area contributed by atoms with Gasteiger partial charge in [-0.15, -0.1) is 0 Å². The van der Waals surface area contributed by atoms with Crippen molar-refractivity contribution >= 4 is 8.38 Å². The molecule has 2 heterocycles. The first-order valence-corrected chi connectivity index (χ1v) is 7.26. The quantitative estimate of drug-likeness (QED) is 0.747. The van der Waals surface area contributed by atoms with Gasteiger partial charge in [0.25, 0.3) is 0 Å². The second-order valence-electron chi connectivity index (χ2n) is 3.85. The maximum atomic E-state index is 10.8. The van der Waals surface area contributed by atoms with Gasteiger partial charge < -0.3 is 26.7 Å². The van der Waals surface area contributed by atoms with Gasteiger partial charge in [-0.1, -0.05) is 0 Å². The summed E-state index contributed by atoms with van der Waals surface area (Å²) in [6.45, 7) is 5.05. The lowest BCUT2D eigenvalue weighted by Gasteiger charge is -2.10. The van der Waals surface area contributed by atoms with Gasteiger partial charge in [0.05, 0.1) is 0 Å². The van der Waals surface area contributed by atoms with Crippen molar-refractivity contribution in [3.05, 3.63) is 44.3 Å². The average Bonchev–Trinajstić information content (AvgIpc) is 2.86. The minimum Gasteiger partial charge on any atom is -0.396 e. The fourth-order valence-corrected chi connectivity index (χ4v) is 2.02. The molecule has 2 aromatic heterocycles. The lowest BCUT2D eigenvalue weighted by Crippen LogP contribution is -1.94. The molecule has 0 saturated carbocycles.